The summed E-state index contributed by atoms with van der Waals surface area (Å²) in [5, 5.41) is 11.9. The first-order valence-electron chi connectivity index (χ1n) is 11.1. The summed E-state index contributed by atoms with van der Waals surface area (Å²) >= 11 is 0. The maximum absolute atomic E-state index is 13.5. The molecule has 0 aromatic heterocycles. The van der Waals surface area contributed by atoms with Gasteiger partial charge in [0.25, 0.3) is 0 Å². The molecule has 0 unspecified atom stereocenters. The lowest BCUT2D eigenvalue weighted by Gasteiger charge is -2.62. The first kappa shape index (κ1) is 20.8. The number of aliphatic hydroxyl groups is 1. The maximum Gasteiger partial charge on any atom is 0.309 e. The number of ether oxygens (including phenoxy) is 2. The van der Waals surface area contributed by atoms with E-state index in [9.17, 15) is 19.5 Å². The van der Waals surface area contributed by atoms with Crippen LogP contribution in [0.5, 0.6) is 0 Å². The van der Waals surface area contributed by atoms with E-state index < -0.39 is 16.9 Å². The molecule has 6 nitrogen and oxygen atoms in total. The molecule has 0 amide bonds. The molecule has 0 spiro atoms. The minimum Gasteiger partial charge on any atom is -0.469 e. The van der Waals surface area contributed by atoms with Gasteiger partial charge in [-0.3, -0.25) is 14.4 Å². The van der Waals surface area contributed by atoms with Gasteiger partial charge in [0.15, 0.2) is 0 Å². The summed E-state index contributed by atoms with van der Waals surface area (Å²) in [6.07, 6.45) is 5.73. The normalized spacial score (nSPS) is 48.9. The molecule has 4 rings (SSSR count). The largest absolute Gasteiger partial charge is 0.469 e. The Bertz CT molecular complexity index is 733. The van der Waals surface area contributed by atoms with Gasteiger partial charge in [0.05, 0.1) is 24.0 Å². The van der Waals surface area contributed by atoms with Gasteiger partial charge in [-0.15, -0.1) is 0 Å². The standard InChI is InChI=1S/C23H34O6/c1-13(24)29-15-7-9-21(2)14(11-15)5-6-16-18(21)12-19(25)22(3)17(20(26)28-4)8-10-23(16,22)27/h14-18,27H,5-12H2,1-4H3/t14-,15+,16-,17-,18+,21-,22-,23-/m0/s1. The van der Waals surface area contributed by atoms with Crippen LogP contribution in [0.4, 0.5) is 0 Å². The van der Waals surface area contributed by atoms with Crippen LogP contribution in [0, 0.1) is 34.5 Å². The summed E-state index contributed by atoms with van der Waals surface area (Å²) in [6, 6.07) is 0. The molecule has 0 aromatic carbocycles. The topological polar surface area (TPSA) is 89.9 Å². The molecule has 4 aliphatic carbocycles. The fraction of sp³-hybridized carbons (Fsp3) is 0.870. The first-order chi connectivity index (χ1) is 13.6. The predicted molar refractivity (Wildman–Crippen MR) is 105 cm³/mol. The van der Waals surface area contributed by atoms with E-state index in [4.69, 9.17) is 9.47 Å². The zero-order chi connectivity index (χ0) is 21.2. The Morgan fingerprint density at radius 3 is 2.45 bits per heavy atom. The summed E-state index contributed by atoms with van der Waals surface area (Å²) in [6.45, 7) is 5.52. The Morgan fingerprint density at radius 1 is 1.07 bits per heavy atom. The van der Waals surface area contributed by atoms with Crippen LogP contribution in [0.2, 0.25) is 0 Å². The summed E-state index contributed by atoms with van der Waals surface area (Å²) in [7, 11) is 1.35. The van der Waals surface area contributed by atoms with Crippen molar-refractivity contribution in [2.75, 3.05) is 7.11 Å². The molecule has 4 fully saturated rings. The molecule has 0 aromatic rings. The zero-order valence-electron chi connectivity index (χ0n) is 18.0. The fourth-order valence-electron chi connectivity index (χ4n) is 7.77. The van der Waals surface area contributed by atoms with Crippen molar-refractivity contribution in [1.29, 1.82) is 0 Å². The number of esters is 2. The van der Waals surface area contributed by atoms with E-state index in [1.54, 1.807) is 6.92 Å². The molecular weight excluding hydrogens is 372 g/mol. The third-order valence-corrected chi connectivity index (χ3v) is 9.47. The first-order valence-corrected chi connectivity index (χ1v) is 11.1. The number of ketones is 1. The summed E-state index contributed by atoms with van der Waals surface area (Å²) in [5.41, 5.74) is -2.25. The second kappa shape index (κ2) is 6.79. The molecule has 0 saturated heterocycles. The quantitative estimate of drug-likeness (QED) is 0.709. The molecule has 8 atom stereocenters. The van der Waals surface area contributed by atoms with Crippen molar-refractivity contribution in [1.82, 2.24) is 0 Å². The number of methoxy groups -OCH3 is 1. The van der Waals surface area contributed by atoms with Gasteiger partial charge in [0.2, 0.25) is 0 Å². The molecule has 0 bridgehead atoms. The van der Waals surface area contributed by atoms with Gasteiger partial charge in [-0.05, 0) is 75.0 Å². The third kappa shape index (κ3) is 2.74. The number of carbonyl (C=O) groups excluding carboxylic acids is 3. The molecule has 29 heavy (non-hydrogen) atoms. The number of hydrogen-bond donors (Lipinski definition) is 1. The minimum atomic E-state index is -1.15. The molecule has 6 heteroatoms. The van der Waals surface area contributed by atoms with E-state index in [0.717, 1.165) is 32.1 Å². The molecule has 4 saturated carbocycles. The second-order valence-corrected chi connectivity index (χ2v) is 10.4. The minimum absolute atomic E-state index is 0.0122. The highest BCUT2D eigenvalue weighted by Gasteiger charge is 2.72. The molecule has 0 heterocycles. The van der Waals surface area contributed by atoms with Gasteiger partial charge < -0.3 is 14.6 Å². The molecule has 1 N–H and O–H groups in total. The van der Waals surface area contributed by atoms with E-state index in [0.29, 0.717) is 25.2 Å². The Labute approximate surface area is 172 Å². The Morgan fingerprint density at radius 2 is 1.79 bits per heavy atom. The van der Waals surface area contributed by atoms with Gasteiger partial charge in [0.1, 0.15) is 11.9 Å². The number of hydrogen-bond acceptors (Lipinski definition) is 6. The number of carbonyl (C=O) groups is 3. The smallest absolute Gasteiger partial charge is 0.309 e. The van der Waals surface area contributed by atoms with Crippen molar-refractivity contribution in [2.45, 2.75) is 83.8 Å². The lowest BCUT2D eigenvalue weighted by atomic mass is 9.43. The van der Waals surface area contributed by atoms with Gasteiger partial charge >= 0.3 is 11.9 Å². The van der Waals surface area contributed by atoms with E-state index in [2.05, 4.69) is 6.92 Å². The van der Waals surface area contributed by atoms with Gasteiger partial charge in [-0.2, -0.15) is 0 Å². The molecule has 4 aliphatic rings. The van der Waals surface area contributed by atoms with Gasteiger partial charge in [-0.25, -0.2) is 0 Å². The van der Waals surface area contributed by atoms with Crippen molar-refractivity contribution in [3.63, 3.8) is 0 Å². The average molecular weight is 407 g/mol. The Balaban J connectivity index is 1.64. The van der Waals surface area contributed by atoms with Gasteiger partial charge in [0, 0.05) is 13.3 Å². The highest BCUT2D eigenvalue weighted by molar-refractivity contribution is 5.93. The average Bonchev–Trinajstić information content (AvgIpc) is 2.95. The Hall–Kier alpha value is -1.43. The van der Waals surface area contributed by atoms with Crippen molar-refractivity contribution in [3.05, 3.63) is 0 Å². The Kier molecular flexibility index (Phi) is 4.88. The summed E-state index contributed by atoms with van der Waals surface area (Å²) in [5.74, 6) is -0.635. The summed E-state index contributed by atoms with van der Waals surface area (Å²) in [4.78, 5) is 37.3. The summed E-state index contributed by atoms with van der Waals surface area (Å²) < 4.78 is 10.5. The van der Waals surface area contributed by atoms with Crippen LogP contribution in [0.15, 0.2) is 0 Å². The van der Waals surface area contributed by atoms with Crippen LogP contribution in [0.3, 0.4) is 0 Å². The van der Waals surface area contributed by atoms with Crippen molar-refractivity contribution < 1.29 is 29.0 Å². The van der Waals surface area contributed by atoms with E-state index in [1.807, 2.05) is 0 Å². The van der Waals surface area contributed by atoms with Crippen molar-refractivity contribution in [2.24, 2.45) is 34.5 Å². The molecule has 162 valence electrons. The third-order valence-electron chi connectivity index (χ3n) is 9.47. The highest BCUT2D eigenvalue weighted by atomic mass is 16.5. The van der Waals surface area contributed by atoms with E-state index in [1.165, 1.54) is 14.0 Å². The molecule has 0 aliphatic heterocycles. The zero-order valence-corrected chi connectivity index (χ0v) is 18.0. The van der Waals surface area contributed by atoms with Crippen LogP contribution in [0.1, 0.15) is 72.1 Å². The van der Waals surface area contributed by atoms with Crippen LogP contribution in [0.25, 0.3) is 0 Å². The lowest BCUT2D eigenvalue weighted by Crippen LogP contribution is -2.66. The second-order valence-electron chi connectivity index (χ2n) is 10.4. The van der Waals surface area contributed by atoms with E-state index >= 15 is 0 Å². The van der Waals surface area contributed by atoms with Gasteiger partial charge in [-0.1, -0.05) is 6.92 Å². The number of fused-ring (bicyclic) bond motifs is 5. The van der Waals surface area contributed by atoms with E-state index in [-0.39, 0.29) is 41.1 Å². The SMILES string of the molecule is COC(=O)[C@@H]1CC[C@]2(O)[C@H]3CC[C@H]4C[C@H](OC(C)=O)CC[C@]4(C)[C@@H]3CC(=O)[C@]12C. The number of rotatable bonds is 2. The predicted octanol–water partition coefficient (Wildman–Crippen LogP) is 3.04. The van der Waals surface area contributed by atoms with Crippen molar-refractivity contribution in [3.8, 4) is 0 Å². The van der Waals surface area contributed by atoms with Crippen LogP contribution < -0.4 is 0 Å². The monoisotopic (exact) mass is 406 g/mol. The van der Waals surface area contributed by atoms with Crippen LogP contribution in [-0.4, -0.2) is 41.6 Å². The lowest BCUT2D eigenvalue weighted by molar-refractivity contribution is -0.210. The van der Waals surface area contributed by atoms with Crippen LogP contribution in [-0.2, 0) is 23.9 Å². The molecular formula is C23H34O6. The van der Waals surface area contributed by atoms with Crippen molar-refractivity contribution >= 4 is 17.7 Å². The molecule has 0 radical (unpaired) electrons. The number of Topliss-reactive ketones (excluding diaryl/α,β-unsaturated/α-hetero) is 1. The van der Waals surface area contributed by atoms with Crippen LogP contribution >= 0.6 is 0 Å². The maximum atomic E-state index is 13.5. The fourth-order valence-corrected chi connectivity index (χ4v) is 7.77. The highest BCUT2D eigenvalue weighted by Crippen LogP contribution is 2.68.